The molecule has 1 aromatic heterocycles. The number of carbonyl (C=O) groups is 1. The molecule has 4 nitrogen and oxygen atoms in total. The maximum atomic E-state index is 12.8. The van der Waals surface area contributed by atoms with E-state index in [1.807, 2.05) is 24.3 Å². The van der Waals surface area contributed by atoms with E-state index in [1.54, 1.807) is 18.5 Å². The average molecular weight is 308 g/mol. The Hall–Kier alpha value is -2.62. The molecule has 1 atom stereocenters. The van der Waals surface area contributed by atoms with Gasteiger partial charge in [0, 0.05) is 18.0 Å². The van der Waals surface area contributed by atoms with Gasteiger partial charge in [0.1, 0.15) is 0 Å². The number of nitrogens with two attached hydrogens (primary N) is 1. The van der Waals surface area contributed by atoms with Crippen LogP contribution >= 0.6 is 0 Å². The third-order valence-electron chi connectivity index (χ3n) is 4.00. The molecule has 1 aromatic carbocycles. The maximum Gasteiger partial charge on any atom is 0.214 e. The number of ketones is 1. The number of nitrogens with zero attached hydrogens (tertiary/aromatic N) is 1. The summed E-state index contributed by atoms with van der Waals surface area (Å²) in [5.41, 5.74) is 9.22. The largest absolute Gasteiger partial charge is 0.462 e. The van der Waals surface area contributed by atoms with Gasteiger partial charge < -0.3 is 10.5 Å². The van der Waals surface area contributed by atoms with Crippen LogP contribution < -0.4 is 5.73 Å². The van der Waals surface area contributed by atoms with Gasteiger partial charge in [-0.3, -0.25) is 9.78 Å². The van der Waals surface area contributed by atoms with Crippen molar-refractivity contribution in [1.29, 1.82) is 0 Å². The van der Waals surface area contributed by atoms with Gasteiger partial charge in [-0.05, 0) is 30.0 Å². The number of hydrogen-bond donors (Lipinski definition) is 1. The first-order valence-corrected chi connectivity index (χ1v) is 7.90. The zero-order valence-corrected chi connectivity index (χ0v) is 13.2. The van der Waals surface area contributed by atoms with Gasteiger partial charge in [0.25, 0.3) is 0 Å². The Labute approximate surface area is 136 Å². The van der Waals surface area contributed by atoms with Crippen LogP contribution in [0.3, 0.4) is 0 Å². The molecule has 0 fully saturated rings. The summed E-state index contributed by atoms with van der Waals surface area (Å²) >= 11 is 0. The smallest absolute Gasteiger partial charge is 0.214 e. The van der Waals surface area contributed by atoms with Crippen molar-refractivity contribution in [3.05, 3.63) is 71.4 Å². The molecule has 1 aliphatic rings. The Morgan fingerprint density at radius 1 is 1.26 bits per heavy atom. The van der Waals surface area contributed by atoms with Crippen LogP contribution in [-0.2, 0) is 16.0 Å². The van der Waals surface area contributed by atoms with Crippen molar-refractivity contribution < 1.29 is 9.53 Å². The number of benzene rings is 1. The second-order valence-corrected chi connectivity index (χ2v) is 5.69. The zero-order chi connectivity index (χ0) is 16.2. The topological polar surface area (TPSA) is 65.2 Å². The van der Waals surface area contributed by atoms with E-state index in [1.165, 1.54) is 5.56 Å². The van der Waals surface area contributed by atoms with Gasteiger partial charge in [-0.1, -0.05) is 43.7 Å². The fourth-order valence-corrected chi connectivity index (χ4v) is 2.79. The summed E-state index contributed by atoms with van der Waals surface area (Å²) in [5.74, 6) is 0.0830. The van der Waals surface area contributed by atoms with Crippen molar-refractivity contribution in [2.45, 2.75) is 32.3 Å². The van der Waals surface area contributed by atoms with Crippen LogP contribution in [-0.4, -0.2) is 10.8 Å². The van der Waals surface area contributed by atoms with Gasteiger partial charge in [0.2, 0.25) is 5.78 Å². The standard InChI is InChI=1S/C19H20N2O2/c1-2-3-6-13-7-4-8-14(11-13)16-17(22)18(23-19(16)20)15-9-5-10-21-12-15/h4-5,7-12,18H,2-3,6,20H2,1H3. The fourth-order valence-electron chi connectivity index (χ4n) is 2.79. The molecule has 3 rings (SSSR count). The average Bonchev–Trinajstić information content (AvgIpc) is 2.88. The van der Waals surface area contributed by atoms with E-state index in [-0.39, 0.29) is 11.7 Å². The first kappa shape index (κ1) is 15.3. The van der Waals surface area contributed by atoms with Crippen LogP contribution in [0.25, 0.3) is 5.57 Å². The minimum Gasteiger partial charge on any atom is -0.462 e. The highest BCUT2D eigenvalue weighted by Gasteiger charge is 2.36. The quantitative estimate of drug-likeness (QED) is 0.919. The molecule has 23 heavy (non-hydrogen) atoms. The Morgan fingerprint density at radius 3 is 2.87 bits per heavy atom. The molecule has 118 valence electrons. The number of ether oxygens (including phenoxy) is 1. The molecule has 0 aliphatic carbocycles. The molecule has 4 heteroatoms. The van der Waals surface area contributed by atoms with Crippen molar-refractivity contribution >= 4 is 11.4 Å². The van der Waals surface area contributed by atoms with E-state index >= 15 is 0 Å². The lowest BCUT2D eigenvalue weighted by molar-refractivity contribution is -0.120. The van der Waals surface area contributed by atoms with Crippen molar-refractivity contribution in [1.82, 2.24) is 4.98 Å². The minimum atomic E-state index is -0.696. The Kier molecular flexibility index (Phi) is 4.42. The number of aryl methyl sites for hydroxylation is 1. The number of unbranched alkanes of at least 4 members (excludes halogenated alkanes) is 1. The summed E-state index contributed by atoms with van der Waals surface area (Å²) in [6.45, 7) is 2.16. The minimum absolute atomic E-state index is 0.108. The third kappa shape index (κ3) is 3.11. The Balaban J connectivity index is 1.88. The normalized spacial score (nSPS) is 17.4. The van der Waals surface area contributed by atoms with Crippen molar-refractivity contribution in [3.63, 3.8) is 0 Å². The fraction of sp³-hybridized carbons (Fsp3) is 0.263. The monoisotopic (exact) mass is 308 g/mol. The van der Waals surface area contributed by atoms with Gasteiger partial charge in [-0.25, -0.2) is 0 Å². The lowest BCUT2D eigenvalue weighted by atomic mass is 9.95. The SMILES string of the molecule is CCCCc1cccc(C2=C(N)OC(c3cccnc3)C2=O)c1. The second kappa shape index (κ2) is 6.65. The van der Waals surface area contributed by atoms with Crippen LogP contribution in [0.2, 0.25) is 0 Å². The van der Waals surface area contributed by atoms with E-state index in [0.29, 0.717) is 5.57 Å². The van der Waals surface area contributed by atoms with Crippen LogP contribution in [0.5, 0.6) is 0 Å². The summed E-state index contributed by atoms with van der Waals surface area (Å²) in [5, 5.41) is 0. The predicted octanol–water partition coefficient (Wildman–Crippen LogP) is 3.39. The van der Waals surface area contributed by atoms with E-state index in [0.717, 1.165) is 30.4 Å². The Morgan fingerprint density at radius 2 is 2.13 bits per heavy atom. The number of hydrogen-bond acceptors (Lipinski definition) is 4. The van der Waals surface area contributed by atoms with Gasteiger partial charge in [0.15, 0.2) is 12.0 Å². The summed E-state index contributed by atoms with van der Waals surface area (Å²) in [4.78, 5) is 16.8. The Bertz CT molecular complexity index is 738. The van der Waals surface area contributed by atoms with Crippen LogP contribution in [0.15, 0.2) is 54.7 Å². The first-order chi connectivity index (χ1) is 11.2. The number of carbonyl (C=O) groups excluding carboxylic acids is 1. The molecule has 0 radical (unpaired) electrons. The number of rotatable bonds is 5. The first-order valence-electron chi connectivity index (χ1n) is 7.90. The van der Waals surface area contributed by atoms with Crippen molar-refractivity contribution in [3.8, 4) is 0 Å². The molecule has 0 bridgehead atoms. The summed E-state index contributed by atoms with van der Waals surface area (Å²) in [6.07, 6.45) is 5.87. The van der Waals surface area contributed by atoms with Crippen molar-refractivity contribution in [2.24, 2.45) is 5.73 Å². The molecule has 0 spiro atoms. The molecular formula is C19H20N2O2. The van der Waals surface area contributed by atoms with Crippen molar-refractivity contribution in [2.75, 3.05) is 0 Å². The lowest BCUT2D eigenvalue weighted by Crippen LogP contribution is -2.10. The van der Waals surface area contributed by atoms with E-state index in [9.17, 15) is 4.79 Å². The summed E-state index contributed by atoms with van der Waals surface area (Å²) in [6, 6.07) is 11.6. The molecule has 1 aliphatic heterocycles. The van der Waals surface area contributed by atoms with Crippen LogP contribution in [0, 0.1) is 0 Å². The molecule has 0 saturated heterocycles. The van der Waals surface area contributed by atoms with Crippen LogP contribution in [0.4, 0.5) is 0 Å². The highest BCUT2D eigenvalue weighted by Crippen LogP contribution is 2.36. The lowest BCUT2D eigenvalue weighted by Gasteiger charge is -2.09. The zero-order valence-electron chi connectivity index (χ0n) is 13.2. The maximum absolute atomic E-state index is 12.8. The van der Waals surface area contributed by atoms with Gasteiger partial charge in [-0.15, -0.1) is 0 Å². The summed E-state index contributed by atoms with van der Waals surface area (Å²) < 4.78 is 5.62. The molecule has 1 unspecified atom stereocenters. The number of aromatic nitrogens is 1. The van der Waals surface area contributed by atoms with E-state index in [4.69, 9.17) is 10.5 Å². The van der Waals surface area contributed by atoms with Crippen LogP contribution in [0.1, 0.15) is 42.6 Å². The van der Waals surface area contributed by atoms with E-state index in [2.05, 4.69) is 18.0 Å². The predicted molar refractivity (Wildman–Crippen MR) is 89.2 cm³/mol. The number of pyridine rings is 1. The highest BCUT2D eigenvalue weighted by molar-refractivity contribution is 6.25. The second-order valence-electron chi connectivity index (χ2n) is 5.69. The molecule has 2 aromatic rings. The van der Waals surface area contributed by atoms with Gasteiger partial charge in [-0.2, -0.15) is 0 Å². The van der Waals surface area contributed by atoms with Gasteiger partial charge >= 0.3 is 0 Å². The molecule has 0 amide bonds. The summed E-state index contributed by atoms with van der Waals surface area (Å²) in [7, 11) is 0. The van der Waals surface area contributed by atoms with Gasteiger partial charge in [0.05, 0.1) is 5.57 Å². The third-order valence-corrected chi connectivity index (χ3v) is 4.00. The highest BCUT2D eigenvalue weighted by atomic mass is 16.5. The molecule has 2 heterocycles. The van der Waals surface area contributed by atoms with E-state index < -0.39 is 6.10 Å². The molecule has 0 saturated carbocycles. The number of Topliss-reactive ketones (excluding diaryl/α,β-unsaturated/α-hetero) is 1. The molecular weight excluding hydrogens is 288 g/mol. The molecule has 2 N–H and O–H groups in total.